The zero-order chi connectivity index (χ0) is 19.0. The van der Waals surface area contributed by atoms with E-state index in [2.05, 4.69) is 28.6 Å². The molecule has 0 saturated heterocycles. The average Bonchev–Trinajstić information content (AvgIpc) is 3.11. The Morgan fingerprint density at radius 1 is 1.22 bits per heavy atom. The third-order valence-electron chi connectivity index (χ3n) is 4.35. The minimum absolute atomic E-state index is 0.0588. The van der Waals surface area contributed by atoms with Gasteiger partial charge in [0, 0.05) is 21.7 Å². The second-order valence-electron chi connectivity index (χ2n) is 5.95. The summed E-state index contributed by atoms with van der Waals surface area (Å²) in [7, 11) is 0. The minimum Gasteiger partial charge on any atom is -0.489 e. The summed E-state index contributed by atoms with van der Waals surface area (Å²) in [5.74, 6) is 1.93. The van der Waals surface area contributed by atoms with Gasteiger partial charge in [-0.25, -0.2) is 0 Å². The Hall–Kier alpha value is -3.11. The third kappa shape index (κ3) is 2.98. The summed E-state index contributed by atoms with van der Waals surface area (Å²) < 4.78 is 23.3. The number of benzene rings is 2. The van der Waals surface area contributed by atoms with Crippen molar-refractivity contribution in [2.75, 3.05) is 13.4 Å². The molecule has 4 rings (SSSR count). The lowest BCUT2D eigenvalue weighted by Gasteiger charge is -2.28. The monoisotopic (exact) mass is 426 g/mol. The molecule has 2 aliphatic heterocycles. The zero-order valence-electron chi connectivity index (χ0n) is 14.2. The molecule has 0 saturated carbocycles. The van der Waals surface area contributed by atoms with E-state index in [1.807, 2.05) is 24.3 Å². The summed E-state index contributed by atoms with van der Waals surface area (Å²) in [6, 6.07) is 11.4. The lowest BCUT2D eigenvalue weighted by Crippen LogP contribution is -2.21. The van der Waals surface area contributed by atoms with Gasteiger partial charge in [0.25, 0.3) is 0 Å². The molecule has 27 heavy (non-hydrogen) atoms. The molecule has 136 valence electrons. The maximum absolute atomic E-state index is 9.76. The summed E-state index contributed by atoms with van der Waals surface area (Å²) in [4.78, 5) is 0. The van der Waals surface area contributed by atoms with Crippen LogP contribution in [0, 0.1) is 11.3 Å². The van der Waals surface area contributed by atoms with Crippen molar-refractivity contribution in [3.8, 4) is 29.1 Å². The molecule has 0 radical (unpaired) electrons. The summed E-state index contributed by atoms with van der Waals surface area (Å²) >= 11 is 3.50. The van der Waals surface area contributed by atoms with Crippen LogP contribution in [0.1, 0.15) is 17.0 Å². The van der Waals surface area contributed by atoms with Crippen LogP contribution < -0.4 is 24.7 Å². The predicted molar refractivity (Wildman–Crippen MR) is 102 cm³/mol. The van der Waals surface area contributed by atoms with E-state index in [1.165, 1.54) is 0 Å². The smallest absolute Gasteiger partial charge is 0.231 e. The first-order valence-corrected chi connectivity index (χ1v) is 8.96. The van der Waals surface area contributed by atoms with E-state index in [4.69, 9.17) is 24.7 Å². The van der Waals surface area contributed by atoms with Crippen LogP contribution >= 0.6 is 15.9 Å². The van der Waals surface area contributed by atoms with Gasteiger partial charge in [0.1, 0.15) is 29.7 Å². The Morgan fingerprint density at radius 2 is 2.00 bits per heavy atom. The summed E-state index contributed by atoms with van der Waals surface area (Å²) in [6.07, 6.45) is 1.66. The van der Waals surface area contributed by atoms with Crippen LogP contribution in [0.3, 0.4) is 0 Å². The normalized spacial score (nSPS) is 17.0. The standard InChI is InChI=1S/C20H15BrN2O4/c1-2-5-24-15-4-3-11(21)6-12(15)19-13-7-17-18(26-10-25-17)8-16(13)27-20(23)14(19)9-22/h2-4,6-8,19H,1,5,10,23H2/t19-/m0/s1. The van der Waals surface area contributed by atoms with Crippen LogP contribution in [0.5, 0.6) is 23.0 Å². The number of hydrogen-bond acceptors (Lipinski definition) is 6. The molecule has 2 N–H and O–H groups in total. The van der Waals surface area contributed by atoms with Gasteiger partial charge in [0.2, 0.25) is 12.7 Å². The highest BCUT2D eigenvalue weighted by Crippen LogP contribution is 2.49. The highest BCUT2D eigenvalue weighted by Gasteiger charge is 2.35. The van der Waals surface area contributed by atoms with E-state index in [1.54, 1.807) is 12.1 Å². The van der Waals surface area contributed by atoms with Gasteiger partial charge in [-0.1, -0.05) is 28.6 Å². The number of halogens is 1. The molecular formula is C20H15BrN2O4. The van der Waals surface area contributed by atoms with Gasteiger partial charge in [-0.05, 0) is 24.3 Å². The topological polar surface area (TPSA) is 86.7 Å². The molecule has 0 spiro atoms. The van der Waals surface area contributed by atoms with Gasteiger partial charge in [-0.3, -0.25) is 0 Å². The summed E-state index contributed by atoms with van der Waals surface area (Å²) in [5, 5.41) is 9.76. The maximum Gasteiger partial charge on any atom is 0.231 e. The molecular weight excluding hydrogens is 412 g/mol. The van der Waals surface area contributed by atoms with Gasteiger partial charge in [-0.15, -0.1) is 0 Å². The van der Waals surface area contributed by atoms with Crippen molar-refractivity contribution < 1.29 is 18.9 Å². The van der Waals surface area contributed by atoms with E-state index >= 15 is 0 Å². The zero-order valence-corrected chi connectivity index (χ0v) is 15.8. The fourth-order valence-electron chi connectivity index (χ4n) is 3.19. The molecule has 2 heterocycles. The Morgan fingerprint density at radius 3 is 2.74 bits per heavy atom. The van der Waals surface area contributed by atoms with Crippen LogP contribution in [-0.2, 0) is 0 Å². The third-order valence-corrected chi connectivity index (χ3v) is 4.84. The number of rotatable bonds is 4. The van der Waals surface area contributed by atoms with Crippen LogP contribution in [0.4, 0.5) is 0 Å². The molecule has 0 bridgehead atoms. The number of nitriles is 1. The minimum atomic E-state index is -0.467. The first-order chi connectivity index (χ1) is 13.1. The number of ether oxygens (including phenoxy) is 4. The van der Waals surface area contributed by atoms with Crippen molar-refractivity contribution >= 4 is 15.9 Å². The van der Waals surface area contributed by atoms with Crippen molar-refractivity contribution in [3.05, 3.63) is 70.0 Å². The van der Waals surface area contributed by atoms with Crippen molar-refractivity contribution in [2.45, 2.75) is 5.92 Å². The van der Waals surface area contributed by atoms with Crippen LogP contribution in [0.2, 0.25) is 0 Å². The first kappa shape index (κ1) is 17.3. The molecule has 7 heteroatoms. The Labute approximate surface area is 164 Å². The highest BCUT2D eigenvalue weighted by atomic mass is 79.9. The fraction of sp³-hybridized carbons (Fsp3) is 0.150. The van der Waals surface area contributed by atoms with Crippen molar-refractivity contribution in [3.63, 3.8) is 0 Å². The van der Waals surface area contributed by atoms with Crippen LogP contribution in [-0.4, -0.2) is 13.4 Å². The van der Waals surface area contributed by atoms with E-state index in [0.29, 0.717) is 35.2 Å². The van der Waals surface area contributed by atoms with Gasteiger partial charge in [0.05, 0.1) is 5.92 Å². The van der Waals surface area contributed by atoms with Gasteiger partial charge >= 0.3 is 0 Å². The Balaban J connectivity index is 1.93. The second kappa shape index (κ2) is 6.89. The predicted octanol–water partition coefficient (Wildman–Crippen LogP) is 3.96. The highest BCUT2D eigenvalue weighted by molar-refractivity contribution is 9.10. The molecule has 0 aliphatic carbocycles. The van der Waals surface area contributed by atoms with E-state index in [-0.39, 0.29) is 12.7 Å². The van der Waals surface area contributed by atoms with Crippen molar-refractivity contribution in [2.24, 2.45) is 5.73 Å². The number of nitrogens with two attached hydrogens (primary N) is 1. The number of nitrogens with zero attached hydrogens (tertiary/aromatic N) is 1. The van der Waals surface area contributed by atoms with E-state index in [9.17, 15) is 5.26 Å². The van der Waals surface area contributed by atoms with Gasteiger partial charge in [0.15, 0.2) is 11.5 Å². The lowest BCUT2D eigenvalue weighted by atomic mass is 9.83. The summed E-state index contributed by atoms with van der Waals surface area (Å²) in [5.41, 5.74) is 7.91. The Bertz CT molecular complexity index is 1010. The average molecular weight is 427 g/mol. The maximum atomic E-state index is 9.76. The number of allylic oxidation sites excluding steroid dienone is 1. The summed E-state index contributed by atoms with van der Waals surface area (Å²) in [6.45, 7) is 4.17. The van der Waals surface area contributed by atoms with Crippen LogP contribution in [0.15, 0.2) is 58.9 Å². The second-order valence-corrected chi connectivity index (χ2v) is 6.87. The van der Waals surface area contributed by atoms with Gasteiger partial charge < -0.3 is 24.7 Å². The van der Waals surface area contributed by atoms with Crippen molar-refractivity contribution in [1.82, 2.24) is 0 Å². The molecule has 2 aromatic rings. The first-order valence-electron chi connectivity index (χ1n) is 8.16. The van der Waals surface area contributed by atoms with Crippen molar-refractivity contribution in [1.29, 1.82) is 5.26 Å². The van der Waals surface area contributed by atoms with Gasteiger partial charge in [-0.2, -0.15) is 5.26 Å². The van der Waals surface area contributed by atoms with Crippen LogP contribution in [0.25, 0.3) is 0 Å². The molecule has 2 aliphatic rings. The molecule has 2 aromatic carbocycles. The quantitative estimate of drug-likeness (QED) is 0.744. The fourth-order valence-corrected chi connectivity index (χ4v) is 3.57. The molecule has 0 aromatic heterocycles. The lowest BCUT2D eigenvalue weighted by molar-refractivity contribution is 0.174. The number of hydrogen-bond donors (Lipinski definition) is 1. The molecule has 0 fully saturated rings. The number of fused-ring (bicyclic) bond motifs is 2. The van der Waals surface area contributed by atoms with E-state index < -0.39 is 5.92 Å². The molecule has 0 amide bonds. The Kier molecular flexibility index (Phi) is 4.42. The molecule has 6 nitrogen and oxygen atoms in total. The SMILES string of the molecule is C=CCOc1ccc(Br)cc1[C@@H]1C(C#N)=C(N)Oc2cc3c(cc21)OCO3. The largest absolute Gasteiger partial charge is 0.489 e. The molecule has 0 unspecified atom stereocenters. The van der Waals surface area contributed by atoms with E-state index in [0.717, 1.165) is 15.6 Å². The molecule has 1 atom stereocenters.